The Balaban J connectivity index is 2.04. The fourth-order valence-electron chi connectivity index (χ4n) is 2.40. The van der Waals surface area contributed by atoms with Crippen LogP contribution in [0.5, 0.6) is 0 Å². The van der Waals surface area contributed by atoms with Crippen molar-refractivity contribution >= 4 is 22.5 Å². The maximum Gasteiger partial charge on any atom is 0.256 e. The van der Waals surface area contributed by atoms with Gasteiger partial charge in [-0.3, -0.25) is 9.78 Å². The summed E-state index contributed by atoms with van der Waals surface area (Å²) in [6.45, 7) is 3.88. The van der Waals surface area contributed by atoms with Gasteiger partial charge in [-0.25, -0.2) is 0 Å². The van der Waals surface area contributed by atoms with Crippen molar-refractivity contribution < 1.29 is 4.79 Å². The summed E-state index contributed by atoms with van der Waals surface area (Å²) >= 11 is 0. The zero-order chi connectivity index (χ0) is 14.8. The molecule has 1 amide bonds. The number of aromatic nitrogens is 1. The van der Waals surface area contributed by atoms with Crippen LogP contribution in [0.2, 0.25) is 0 Å². The van der Waals surface area contributed by atoms with Gasteiger partial charge in [0.25, 0.3) is 5.91 Å². The lowest BCUT2D eigenvalue weighted by atomic mass is 10.1. The smallest absolute Gasteiger partial charge is 0.256 e. The van der Waals surface area contributed by atoms with Crippen molar-refractivity contribution in [1.82, 2.24) is 4.98 Å². The van der Waals surface area contributed by atoms with E-state index in [1.54, 1.807) is 0 Å². The van der Waals surface area contributed by atoms with E-state index < -0.39 is 0 Å². The third-order valence-electron chi connectivity index (χ3n) is 3.48. The molecule has 1 N–H and O–H groups in total. The number of anilines is 1. The number of carbonyl (C=O) groups is 1. The fraction of sp³-hybridized carbons (Fsp3) is 0.111. The molecule has 21 heavy (non-hydrogen) atoms. The quantitative estimate of drug-likeness (QED) is 0.765. The van der Waals surface area contributed by atoms with Crippen molar-refractivity contribution in [2.45, 2.75) is 13.8 Å². The average molecular weight is 276 g/mol. The summed E-state index contributed by atoms with van der Waals surface area (Å²) in [5.41, 5.74) is 4.21. The van der Waals surface area contributed by atoms with E-state index in [0.29, 0.717) is 5.56 Å². The Labute approximate surface area is 123 Å². The Kier molecular flexibility index (Phi) is 3.40. The number of benzene rings is 2. The predicted molar refractivity (Wildman–Crippen MR) is 85.6 cm³/mol. The highest BCUT2D eigenvalue weighted by Crippen LogP contribution is 2.21. The van der Waals surface area contributed by atoms with Crippen molar-refractivity contribution in [2.75, 3.05) is 5.32 Å². The number of rotatable bonds is 2. The van der Waals surface area contributed by atoms with Crippen LogP contribution < -0.4 is 5.32 Å². The number of nitrogens with zero attached hydrogens (tertiary/aromatic N) is 1. The van der Waals surface area contributed by atoms with E-state index in [1.165, 1.54) is 0 Å². The van der Waals surface area contributed by atoms with E-state index >= 15 is 0 Å². The Bertz CT molecular complexity index is 824. The standard InChI is InChI=1S/C18H16N2O/c1-12-7-3-5-9-16(12)20-18(21)15-11-13(2)19-17-10-6-4-8-14(15)17/h3-11H,1-2H3,(H,20,21). The van der Waals surface area contributed by atoms with Crippen LogP contribution in [0.1, 0.15) is 21.6 Å². The lowest BCUT2D eigenvalue weighted by molar-refractivity contribution is 0.102. The lowest BCUT2D eigenvalue weighted by Gasteiger charge is -2.10. The molecule has 1 aromatic heterocycles. The van der Waals surface area contributed by atoms with Crippen molar-refractivity contribution in [1.29, 1.82) is 0 Å². The number of hydrogen-bond donors (Lipinski definition) is 1. The number of aryl methyl sites for hydroxylation is 2. The van der Waals surface area contributed by atoms with E-state index in [4.69, 9.17) is 0 Å². The molecule has 1 heterocycles. The minimum Gasteiger partial charge on any atom is -0.322 e. The Morgan fingerprint density at radius 1 is 1.00 bits per heavy atom. The first kappa shape index (κ1) is 13.3. The second kappa shape index (κ2) is 5.37. The summed E-state index contributed by atoms with van der Waals surface area (Å²) in [4.78, 5) is 17.1. The lowest BCUT2D eigenvalue weighted by Crippen LogP contribution is -2.13. The molecule has 0 aliphatic rings. The largest absolute Gasteiger partial charge is 0.322 e. The van der Waals surface area contributed by atoms with Gasteiger partial charge in [0.05, 0.1) is 11.1 Å². The highest BCUT2D eigenvalue weighted by atomic mass is 16.1. The summed E-state index contributed by atoms with van der Waals surface area (Å²) in [6.07, 6.45) is 0. The molecule has 3 rings (SSSR count). The third-order valence-corrected chi connectivity index (χ3v) is 3.48. The van der Waals surface area contributed by atoms with E-state index in [-0.39, 0.29) is 5.91 Å². The zero-order valence-electron chi connectivity index (χ0n) is 12.1. The van der Waals surface area contributed by atoms with Crippen LogP contribution in [0.4, 0.5) is 5.69 Å². The van der Waals surface area contributed by atoms with Gasteiger partial charge in [-0.1, -0.05) is 36.4 Å². The maximum atomic E-state index is 12.6. The van der Waals surface area contributed by atoms with Crippen LogP contribution in [0, 0.1) is 13.8 Å². The van der Waals surface area contributed by atoms with Crippen LogP contribution in [-0.2, 0) is 0 Å². The SMILES string of the molecule is Cc1cc(C(=O)Nc2ccccc2C)c2ccccc2n1. The Hall–Kier alpha value is -2.68. The van der Waals surface area contributed by atoms with Gasteiger partial charge in [0.15, 0.2) is 0 Å². The zero-order valence-corrected chi connectivity index (χ0v) is 12.1. The average Bonchev–Trinajstić information content (AvgIpc) is 2.48. The summed E-state index contributed by atoms with van der Waals surface area (Å²) in [5.74, 6) is -0.106. The van der Waals surface area contributed by atoms with Crippen LogP contribution in [-0.4, -0.2) is 10.9 Å². The van der Waals surface area contributed by atoms with Crippen LogP contribution in [0.15, 0.2) is 54.6 Å². The molecule has 0 atom stereocenters. The summed E-state index contributed by atoms with van der Waals surface area (Å²) < 4.78 is 0. The molecule has 0 spiro atoms. The first-order valence-electron chi connectivity index (χ1n) is 6.88. The molecule has 0 saturated heterocycles. The van der Waals surface area contributed by atoms with Crippen LogP contribution in [0.3, 0.4) is 0 Å². The Morgan fingerprint density at radius 3 is 2.52 bits per heavy atom. The van der Waals surface area contributed by atoms with Crippen molar-refractivity contribution in [3.8, 4) is 0 Å². The van der Waals surface area contributed by atoms with Gasteiger partial charge >= 0.3 is 0 Å². The number of pyridine rings is 1. The van der Waals surface area contributed by atoms with Crippen molar-refractivity contribution in [2.24, 2.45) is 0 Å². The molecule has 0 bridgehead atoms. The minimum absolute atomic E-state index is 0.106. The molecule has 0 saturated carbocycles. The number of amides is 1. The van der Waals surface area contributed by atoms with Gasteiger partial charge < -0.3 is 5.32 Å². The second-order valence-corrected chi connectivity index (χ2v) is 5.10. The first-order chi connectivity index (χ1) is 10.1. The molecule has 3 aromatic rings. The molecule has 0 unspecified atom stereocenters. The molecule has 2 aromatic carbocycles. The number of para-hydroxylation sites is 2. The monoisotopic (exact) mass is 276 g/mol. The molecule has 0 aliphatic heterocycles. The third kappa shape index (κ3) is 2.63. The summed E-state index contributed by atoms with van der Waals surface area (Å²) in [7, 11) is 0. The van der Waals surface area contributed by atoms with Gasteiger partial charge in [0.2, 0.25) is 0 Å². The number of fused-ring (bicyclic) bond motifs is 1. The normalized spacial score (nSPS) is 10.6. The van der Waals surface area contributed by atoms with Gasteiger partial charge in [-0.2, -0.15) is 0 Å². The topological polar surface area (TPSA) is 42.0 Å². The molecule has 3 nitrogen and oxygen atoms in total. The summed E-state index contributed by atoms with van der Waals surface area (Å²) in [5, 5.41) is 3.85. The van der Waals surface area contributed by atoms with Gasteiger partial charge in [0.1, 0.15) is 0 Å². The fourth-order valence-corrected chi connectivity index (χ4v) is 2.40. The van der Waals surface area contributed by atoms with E-state index in [1.807, 2.05) is 68.4 Å². The molecular formula is C18H16N2O. The number of carbonyl (C=O) groups excluding carboxylic acids is 1. The van der Waals surface area contributed by atoms with Gasteiger partial charge in [-0.05, 0) is 37.6 Å². The first-order valence-corrected chi connectivity index (χ1v) is 6.88. The van der Waals surface area contributed by atoms with Crippen LogP contribution >= 0.6 is 0 Å². The molecule has 0 aliphatic carbocycles. The molecule has 0 fully saturated rings. The molecule has 3 heteroatoms. The van der Waals surface area contributed by atoms with Crippen molar-refractivity contribution in [3.05, 3.63) is 71.4 Å². The maximum absolute atomic E-state index is 12.6. The van der Waals surface area contributed by atoms with E-state index in [9.17, 15) is 4.79 Å². The van der Waals surface area contributed by atoms with E-state index in [2.05, 4.69) is 10.3 Å². The molecule has 104 valence electrons. The number of hydrogen-bond acceptors (Lipinski definition) is 2. The van der Waals surface area contributed by atoms with Crippen molar-refractivity contribution in [3.63, 3.8) is 0 Å². The van der Waals surface area contributed by atoms with Gasteiger partial charge in [0, 0.05) is 16.8 Å². The van der Waals surface area contributed by atoms with Gasteiger partial charge in [-0.15, -0.1) is 0 Å². The van der Waals surface area contributed by atoms with E-state index in [0.717, 1.165) is 27.8 Å². The highest BCUT2D eigenvalue weighted by Gasteiger charge is 2.12. The van der Waals surface area contributed by atoms with Crippen LogP contribution in [0.25, 0.3) is 10.9 Å². The minimum atomic E-state index is -0.106. The molecular weight excluding hydrogens is 260 g/mol. The highest BCUT2D eigenvalue weighted by molar-refractivity contribution is 6.12. The second-order valence-electron chi connectivity index (χ2n) is 5.10. The number of nitrogens with one attached hydrogen (secondary N) is 1. The summed E-state index contributed by atoms with van der Waals surface area (Å²) in [6, 6.07) is 17.3. The predicted octanol–water partition coefficient (Wildman–Crippen LogP) is 4.10. The Morgan fingerprint density at radius 2 is 1.71 bits per heavy atom. The molecule has 0 radical (unpaired) electrons.